The lowest BCUT2D eigenvalue weighted by Crippen LogP contribution is -2.53. The van der Waals surface area contributed by atoms with E-state index in [4.69, 9.17) is 4.74 Å². The van der Waals surface area contributed by atoms with Gasteiger partial charge < -0.3 is 15.0 Å². The van der Waals surface area contributed by atoms with E-state index in [1.54, 1.807) is 17.0 Å². The Morgan fingerprint density at radius 2 is 1.65 bits per heavy atom. The van der Waals surface area contributed by atoms with Gasteiger partial charge in [-0.25, -0.2) is 4.39 Å². The van der Waals surface area contributed by atoms with Gasteiger partial charge >= 0.3 is 0 Å². The van der Waals surface area contributed by atoms with Crippen molar-refractivity contribution in [2.24, 2.45) is 0 Å². The highest BCUT2D eigenvalue weighted by molar-refractivity contribution is 5.88. The Kier molecular flexibility index (Phi) is 8.94. The van der Waals surface area contributed by atoms with E-state index in [9.17, 15) is 14.0 Å². The number of rotatable bonds is 10. The number of aryl methyl sites for hydroxylation is 2. The van der Waals surface area contributed by atoms with Crippen molar-refractivity contribution in [3.63, 3.8) is 0 Å². The number of amides is 2. The summed E-state index contributed by atoms with van der Waals surface area (Å²) in [7, 11) is 0. The molecule has 2 amide bonds. The van der Waals surface area contributed by atoms with E-state index in [0.717, 1.165) is 47.9 Å². The van der Waals surface area contributed by atoms with E-state index in [0.29, 0.717) is 12.2 Å². The Balaban J connectivity index is 1.60. The molecule has 0 radical (unpaired) electrons. The van der Waals surface area contributed by atoms with Gasteiger partial charge in [0.2, 0.25) is 5.91 Å². The smallest absolute Gasteiger partial charge is 0.261 e. The van der Waals surface area contributed by atoms with Gasteiger partial charge in [-0.2, -0.15) is 0 Å². The first-order chi connectivity index (χ1) is 17.9. The largest absolute Gasteiger partial charge is 0.484 e. The Morgan fingerprint density at radius 3 is 2.32 bits per heavy atom. The zero-order chi connectivity index (χ0) is 26.2. The van der Waals surface area contributed by atoms with Crippen molar-refractivity contribution in [2.45, 2.75) is 64.6 Å². The van der Waals surface area contributed by atoms with Crippen LogP contribution in [0.2, 0.25) is 0 Å². The minimum atomic E-state index is -0.732. The quantitative estimate of drug-likeness (QED) is 0.397. The lowest BCUT2D eigenvalue weighted by molar-refractivity contribution is -0.143. The molecule has 0 bridgehead atoms. The standard InChI is InChI=1S/C31H35FN2O3/c1-22-12-17-28(18-23(22)2)37-21-30(35)34(20-25-13-15-26(32)16-14-25)29(19-24-8-4-3-5-9-24)31(36)33-27-10-6-7-11-27/h3-5,8-9,12-18,27,29H,6-7,10-11,19-21H2,1-2H3,(H,33,36)/t29-/m1/s1. The number of carbonyl (C=O) groups is 2. The maximum absolute atomic E-state index is 13.7. The summed E-state index contributed by atoms with van der Waals surface area (Å²) in [6.07, 6.45) is 4.46. The third kappa shape index (κ3) is 7.42. The SMILES string of the molecule is Cc1ccc(OCC(=O)N(Cc2ccc(F)cc2)[C@H](Cc2ccccc2)C(=O)NC2CCCC2)cc1C. The maximum atomic E-state index is 13.7. The van der Waals surface area contributed by atoms with Crippen molar-refractivity contribution in [2.75, 3.05) is 6.61 Å². The van der Waals surface area contributed by atoms with E-state index >= 15 is 0 Å². The fourth-order valence-electron chi connectivity index (χ4n) is 4.74. The molecule has 194 valence electrons. The minimum absolute atomic E-state index is 0.125. The summed E-state index contributed by atoms with van der Waals surface area (Å²) in [4.78, 5) is 28.9. The van der Waals surface area contributed by atoms with Gasteiger partial charge in [-0.3, -0.25) is 9.59 Å². The van der Waals surface area contributed by atoms with Crippen LogP contribution in [0, 0.1) is 19.7 Å². The summed E-state index contributed by atoms with van der Waals surface area (Å²) in [6.45, 7) is 3.98. The zero-order valence-electron chi connectivity index (χ0n) is 21.6. The summed E-state index contributed by atoms with van der Waals surface area (Å²) >= 11 is 0. The Bertz CT molecular complexity index is 1190. The van der Waals surface area contributed by atoms with Crippen molar-refractivity contribution in [3.05, 3.63) is 101 Å². The van der Waals surface area contributed by atoms with E-state index < -0.39 is 6.04 Å². The molecule has 0 unspecified atom stereocenters. The highest BCUT2D eigenvalue weighted by Crippen LogP contribution is 2.21. The fraction of sp³-hybridized carbons (Fsp3) is 0.355. The molecule has 1 aliphatic carbocycles. The predicted octanol–water partition coefficient (Wildman–Crippen LogP) is 5.52. The van der Waals surface area contributed by atoms with Crippen LogP contribution in [-0.4, -0.2) is 35.4 Å². The molecular formula is C31H35FN2O3. The van der Waals surface area contributed by atoms with E-state index in [1.165, 1.54) is 12.1 Å². The molecule has 1 aliphatic rings. The lowest BCUT2D eigenvalue weighted by atomic mass is 10.0. The highest BCUT2D eigenvalue weighted by Gasteiger charge is 2.32. The van der Waals surface area contributed by atoms with E-state index in [1.807, 2.05) is 62.4 Å². The second-order valence-electron chi connectivity index (χ2n) is 9.88. The van der Waals surface area contributed by atoms with Crippen LogP contribution in [0.15, 0.2) is 72.8 Å². The molecule has 0 aromatic heterocycles. The summed E-state index contributed by atoms with van der Waals surface area (Å²) in [5.41, 5.74) is 3.92. The summed E-state index contributed by atoms with van der Waals surface area (Å²) in [5, 5.41) is 3.18. The van der Waals surface area contributed by atoms with Crippen LogP contribution in [0.3, 0.4) is 0 Å². The molecule has 37 heavy (non-hydrogen) atoms. The van der Waals surface area contributed by atoms with Crippen molar-refractivity contribution in [3.8, 4) is 5.75 Å². The molecule has 1 atom stereocenters. The van der Waals surface area contributed by atoms with Crippen molar-refractivity contribution >= 4 is 11.8 Å². The van der Waals surface area contributed by atoms with Gasteiger partial charge in [-0.05, 0) is 73.2 Å². The van der Waals surface area contributed by atoms with Gasteiger partial charge in [0.25, 0.3) is 5.91 Å². The minimum Gasteiger partial charge on any atom is -0.484 e. The van der Waals surface area contributed by atoms with Gasteiger partial charge in [-0.15, -0.1) is 0 Å². The molecule has 3 aromatic carbocycles. The van der Waals surface area contributed by atoms with Gasteiger partial charge in [0, 0.05) is 19.0 Å². The van der Waals surface area contributed by atoms with Gasteiger partial charge in [0.1, 0.15) is 17.6 Å². The molecule has 1 N–H and O–H groups in total. The molecule has 0 heterocycles. The van der Waals surface area contributed by atoms with Crippen LogP contribution in [0.4, 0.5) is 4.39 Å². The molecule has 3 aromatic rings. The molecule has 1 fully saturated rings. The third-order valence-electron chi connectivity index (χ3n) is 7.08. The number of benzene rings is 3. The molecule has 0 spiro atoms. The first kappa shape index (κ1) is 26.4. The number of carbonyl (C=O) groups excluding carboxylic acids is 2. The molecule has 0 aliphatic heterocycles. The number of nitrogens with zero attached hydrogens (tertiary/aromatic N) is 1. The fourth-order valence-corrected chi connectivity index (χ4v) is 4.74. The van der Waals surface area contributed by atoms with Crippen LogP contribution in [0.1, 0.15) is 47.9 Å². The zero-order valence-corrected chi connectivity index (χ0v) is 21.6. The number of ether oxygens (including phenoxy) is 1. The molecule has 5 nitrogen and oxygen atoms in total. The van der Waals surface area contributed by atoms with Crippen LogP contribution < -0.4 is 10.1 Å². The number of hydrogen-bond donors (Lipinski definition) is 1. The number of hydrogen-bond acceptors (Lipinski definition) is 3. The van der Waals surface area contributed by atoms with Crippen LogP contribution in [-0.2, 0) is 22.6 Å². The van der Waals surface area contributed by atoms with Gasteiger partial charge in [-0.1, -0.05) is 61.4 Å². The second-order valence-corrected chi connectivity index (χ2v) is 9.88. The first-order valence-corrected chi connectivity index (χ1v) is 13.0. The van der Waals surface area contributed by atoms with Crippen molar-refractivity contribution in [1.29, 1.82) is 0 Å². The van der Waals surface area contributed by atoms with Crippen molar-refractivity contribution < 1.29 is 18.7 Å². The van der Waals surface area contributed by atoms with Crippen LogP contribution >= 0.6 is 0 Å². The summed E-state index contributed by atoms with van der Waals surface area (Å²) < 4.78 is 19.5. The Hall–Kier alpha value is -3.67. The molecule has 0 saturated heterocycles. The molecule has 1 saturated carbocycles. The van der Waals surface area contributed by atoms with Crippen molar-refractivity contribution in [1.82, 2.24) is 10.2 Å². The Labute approximate surface area is 218 Å². The number of nitrogens with one attached hydrogen (secondary N) is 1. The van der Waals surface area contributed by atoms with Gasteiger partial charge in [0.05, 0.1) is 0 Å². The molecule has 6 heteroatoms. The summed E-state index contributed by atoms with van der Waals surface area (Å²) in [5.74, 6) is -0.213. The highest BCUT2D eigenvalue weighted by atomic mass is 19.1. The average molecular weight is 503 g/mol. The predicted molar refractivity (Wildman–Crippen MR) is 143 cm³/mol. The third-order valence-corrected chi connectivity index (χ3v) is 7.08. The molecular weight excluding hydrogens is 467 g/mol. The second kappa shape index (κ2) is 12.5. The maximum Gasteiger partial charge on any atom is 0.261 e. The topological polar surface area (TPSA) is 58.6 Å². The number of halogens is 1. The van der Waals surface area contributed by atoms with Crippen LogP contribution in [0.5, 0.6) is 5.75 Å². The first-order valence-electron chi connectivity index (χ1n) is 13.0. The summed E-state index contributed by atoms with van der Waals surface area (Å²) in [6, 6.07) is 20.8. The van der Waals surface area contributed by atoms with E-state index in [-0.39, 0.29) is 36.8 Å². The normalized spacial score (nSPS) is 14.2. The Morgan fingerprint density at radius 1 is 0.946 bits per heavy atom. The lowest BCUT2D eigenvalue weighted by Gasteiger charge is -2.32. The average Bonchev–Trinajstić information content (AvgIpc) is 3.41. The molecule has 4 rings (SSSR count). The van der Waals surface area contributed by atoms with Gasteiger partial charge in [0.15, 0.2) is 6.61 Å². The van der Waals surface area contributed by atoms with Crippen LogP contribution in [0.25, 0.3) is 0 Å². The van der Waals surface area contributed by atoms with E-state index in [2.05, 4.69) is 5.32 Å². The monoisotopic (exact) mass is 502 g/mol.